The van der Waals surface area contributed by atoms with E-state index in [1.54, 1.807) is 0 Å². The molecule has 1 N–H and O–H groups in total. The Balaban J connectivity index is 2.19. The molecule has 0 atom stereocenters. The van der Waals surface area contributed by atoms with Crippen molar-refractivity contribution in [1.29, 1.82) is 0 Å². The molecule has 1 saturated heterocycles. The van der Waals surface area contributed by atoms with Crippen molar-refractivity contribution in [1.82, 2.24) is 9.62 Å². The molecule has 0 unspecified atom stereocenters. The lowest BCUT2D eigenvalue weighted by atomic mass is 10.2. The lowest BCUT2D eigenvalue weighted by Gasteiger charge is -2.21. The molecule has 1 heterocycles. The molecule has 1 aromatic carbocycles. The van der Waals surface area contributed by atoms with Crippen LogP contribution in [0.2, 0.25) is 0 Å². The van der Waals surface area contributed by atoms with Crippen molar-refractivity contribution < 1.29 is 17.6 Å². The molecular formula is C15H21FN2O3S. The number of hydrogen-bond donors (Lipinski definition) is 1. The van der Waals surface area contributed by atoms with E-state index < -0.39 is 15.8 Å². The maximum absolute atomic E-state index is 13.3. The molecule has 2 rings (SSSR count). The number of nitrogens with one attached hydrogen (secondary N) is 1. The zero-order chi connectivity index (χ0) is 16.0. The number of rotatable bonds is 2. The van der Waals surface area contributed by atoms with E-state index in [0.29, 0.717) is 13.1 Å². The Morgan fingerprint density at radius 3 is 2.64 bits per heavy atom. The quantitative estimate of drug-likeness (QED) is 0.902. The molecule has 0 aliphatic carbocycles. The third-order valence-corrected chi connectivity index (χ3v) is 5.57. The summed E-state index contributed by atoms with van der Waals surface area (Å²) in [6.45, 7) is 1.10. The highest BCUT2D eigenvalue weighted by molar-refractivity contribution is 7.89. The average molecular weight is 328 g/mol. The number of sulfonamides is 1. The Morgan fingerprint density at radius 2 is 1.86 bits per heavy atom. The summed E-state index contributed by atoms with van der Waals surface area (Å²) in [4.78, 5) is 11.6. The first-order valence-corrected chi connectivity index (χ1v) is 8.96. The molecule has 1 amide bonds. The SMILES string of the molecule is O=C1CCN(S(=O)(=O)c2cccc(F)c2)CCCCCCN1. The van der Waals surface area contributed by atoms with Gasteiger partial charge < -0.3 is 5.32 Å². The minimum absolute atomic E-state index is 0.0669. The summed E-state index contributed by atoms with van der Waals surface area (Å²) in [6.07, 6.45) is 3.62. The molecule has 7 heteroatoms. The van der Waals surface area contributed by atoms with Gasteiger partial charge >= 0.3 is 0 Å². The zero-order valence-electron chi connectivity index (χ0n) is 12.4. The molecule has 0 radical (unpaired) electrons. The molecule has 122 valence electrons. The summed E-state index contributed by atoms with van der Waals surface area (Å²) >= 11 is 0. The normalized spacial score (nSPS) is 19.2. The maximum atomic E-state index is 13.3. The summed E-state index contributed by atoms with van der Waals surface area (Å²) in [5, 5.41) is 2.78. The largest absolute Gasteiger partial charge is 0.356 e. The van der Waals surface area contributed by atoms with E-state index in [4.69, 9.17) is 0 Å². The van der Waals surface area contributed by atoms with Crippen LogP contribution in [0.5, 0.6) is 0 Å². The van der Waals surface area contributed by atoms with E-state index in [0.717, 1.165) is 31.7 Å². The van der Waals surface area contributed by atoms with E-state index in [1.807, 2.05) is 0 Å². The highest BCUT2D eigenvalue weighted by Crippen LogP contribution is 2.18. The summed E-state index contributed by atoms with van der Waals surface area (Å²) in [5.74, 6) is -0.738. The third-order valence-electron chi connectivity index (χ3n) is 3.68. The van der Waals surface area contributed by atoms with Gasteiger partial charge in [0.2, 0.25) is 15.9 Å². The van der Waals surface area contributed by atoms with Crippen LogP contribution in [0.25, 0.3) is 0 Å². The first-order chi connectivity index (χ1) is 10.5. The van der Waals surface area contributed by atoms with Crippen molar-refractivity contribution in [2.75, 3.05) is 19.6 Å². The molecule has 22 heavy (non-hydrogen) atoms. The average Bonchev–Trinajstić information content (AvgIpc) is 2.53. The van der Waals surface area contributed by atoms with Crippen LogP contribution in [0.15, 0.2) is 29.2 Å². The van der Waals surface area contributed by atoms with Gasteiger partial charge in [-0.05, 0) is 31.0 Å². The molecule has 0 aromatic heterocycles. The lowest BCUT2D eigenvalue weighted by Crippen LogP contribution is -2.35. The van der Waals surface area contributed by atoms with E-state index in [2.05, 4.69) is 5.32 Å². The first-order valence-electron chi connectivity index (χ1n) is 7.52. The second-order valence-corrected chi connectivity index (χ2v) is 7.31. The van der Waals surface area contributed by atoms with Gasteiger partial charge in [-0.15, -0.1) is 0 Å². The predicted molar refractivity (Wildman–Crippen MR) is 81.3 cm³/mol. The maximum Gasteiger partial charge on any atom is 0.243 e. The Bertz CT molecular complexity index is 619. The van der Waals surface area contributed by atoms with Crippen molar-refractivity contribution in [3.05, 3.63) is 30.1 Å². The number of halogens is 1. The van der Waals surface area contributed by atoms with Crippen molar-refractivity contribution in [2.45, 2.75) is 37.0 Å². The van der Waals surface area contributed by atoms with Crippen LogP contribution < -0.4 is 5.32 Å². The predicted octanol–water partition coefficient (Wildman–Crippen LogP) is 1.90. The van der Waals surface area contributed by atoms with Gasteiger partial charge in [0.15, 0.2) is 0 Å². The first kappa shape index (κ1) is 16.9. The van der Waals surface area contributed by atoms with Gasteiger partial charge in [-0.3, -0.25) is 4.79 Å². The number of benzene rings is 1. The molecule has 1 aromatic rings. The minimum Gasteiger partial charge on any atom is -0.356 e. The lowest BCUT2D eigenvalue weighted by molar-refractivity contribution is -0.121. The van der Waals surface area contributed by atoms with Crippen LogP contribution in [-0.2, 0) is 14.8 Å². The fourth-order valence-electron chi connectivity index (χ4n) is 2.44. The van der Waals surface area contributed by atoms with Crippen LogP contribution in [0.1, 0.15) is 32.1 Å². The standard InChI is InChI=1S/C15H21FN2O3S/c16-13-6-5-7-14(12-13)22(20,21)18-10-4-2-1-3-9-17-15(19)8-11-18/h5-7,12H,1-4,8-11H2,(H,17,19). The van der Waals surface area contributed by atoms with Crippen molar-refractivity contribution >= 4 is 15.9 Å². The molecular weight excluding hydrogens is 307 g/mol. The van der Waals surface area contributed by atoms with Crippen LogP contribution in [0, 0.1) is 5.82 Å². The van der Waals surface area contributed by atoms with Crippen molar-refractivity contribution in [3.63, 3.8) is 0 Å². The van der Waals surface area contributed by atoms with Gasteiger partial charge in [-0.2, -0.15) is 4.31 Å². The number of nitrogens with zero attached hydrogens (tertiary/aromatic N) is 1. The van der Waals surface area contributed by atoms with E-state index in [1.165, 1.54) is 22.5 Å². The smallest absolute Gasteiger partial charge is 0.243 e. The Kier molecular flexibility index (Phi) is 5.90. The van der Waals surface area contributed by atoms with Crippen LogP contribution >= 0.6 is 0 Å². The van der Waals surface area contributed by atoms with E-state index in [9.17, 15) is 17.6 Å². The molecule has 5 nitrogen and oxygen atoms in total. The van der Waals surface area contributed by atoms with Gasteiger partial charge in [0.1, 0.15) is 5.82 Å². The van der Waals surface area contributed by atoms with Crippen molar-refractivity contribution in [2.24, 2.45) is 0 Å². The molecule has 0 saturated carbocycles. The highest BCUT2D eigenvalue weighted by Gasteiger charge is 2.25. The molecule has 1 fully saturated rings. The molecule has 0 spiro atoms. The fourth-order valence-corrected chi connectivity index (χ4v) is 3.95. The molecule has 1 aliphatic rings. The topological polar surface area (TPSA) is 66.5 Å². The van der Waals surface area contributed by atoms with Crippen molar-refractivity contribution in [3.8, 4) is 0 Å². The number of carbonyl (C=O) groups excluding carboxylic acids is 1. The summed E-state index contributed by atoms with van der Waals surface area (Å²) in [5.41, 5.74) is 0. The van der Waals surface area contributed by atoms with E-state index >= 15 is 0 Å². The molecule has 0 bridgehead atoms. The molecule has 1 aliphatic heterocycles. The second kappa shape index (κ2) is 7.69. The summed E-state index contributed by atoms with van der Waals surface area (Å²) < 4.78 is 39.8. The highest BCUT2D eigenvalue weighted by atomic mass is 32.2. The second-order valence-electron chi connectivity index (χ2n) is 5.38. The zero-order valence-corrected chi connectivity index (χ0v) is 13.2. The number of carbonyl (C=O) groups is 1. The van der Waals surface area contributed by atoms with Crippen LogP contribution in [0.4, 0.5) is 4.39 Å². The van der Waals surface area contributed by atoms with Gasteiger partial charge in [-0.1, -0.05) is 18.9 Å². The minimum atomic E-state index is -3.77. The van der Waals surface area contributed by atoms with Crippen LogP contribution in [0.3, 0.4) is 0 Å². The summed E-state index contributed by atoms with van der Waals surface area (Å²) in [6, 6.07) is 4.98. The van der Waals surface area contributed by atoms with E-state index in [-0.39, 0.29) is 23.8 Å². The third kappa shape index (κ3) is 4.51. The van der Waals surface area contributed by atoms with Gasteiger partial charge in [0, 0.05) is 26.1 Å². The Morgan fingerprint density at radius 1 is 1.09 bits per heavy atom. The van der Waals surface area contributed by atoms with Crippen LogP contribution in [-0.4, -0.2) is 38.3 Å². The van der Waals surface area contributed by atoms with Gasteiger partial charge in [0.25, 0.3) is 0 Å². The monoisotopic (exact) mass is 328 g/mol. The number of amides is 1. The Labute approximate surface area is 130 Å². The van der Waals surface area contributed by atoms with Gasteiger partial charge in [-0.25, -0.2) is 12.8 Å². The fraction of sp³-hybridized carbons (Fsp3) is 0.533. The Hall–Kier alpha value is -1.47. The summed E-state index contributed by atoms with van der Waals surface area (Å²) in [7, 11) is -3.77. The van der Waals surface area contributed by atoms with Gasteiger partial charge in [0.05, 0.1) is 4.90 Å². The number of hydrogen-bond acceptors (Lipinski definition) is 3.